The molecule has 2 aromatic rings. The van der Waals surface area contributed by atoms with E-state index < -0.39 is 0 Å². The van der Waals surface area contributed by atoms with E-state index in [1.807, 2.05) is 38.1 Å². The molecule has 26 heavy (non-hydrogen) atoms. The maximum atomic E-state index is 12.4. The number of nitrogens with one attached hydrogen (secondary N) is 2. The molecule has 1 aliphatic rings. The standard InChI is InChI=1S/C21H24N2O3/c1-14(2)26-19-10-6-15(7-11-19)13-22-20(24)17-4-3-5-18(12-17)23-21(25)16-8-9-16/h3-7,10-12,14,16H,8-9,13H2,1-2H3,(H,22,24)(H,23,25). The van der Waals surface area contributed by atoms with Gasteiger partial charge in [-0.15, -0.1) is 0 Å². The first-order valence-electron chi connectivity index (χ1n) is 8.96. The van der Waals surface area contributed by atoms with Crippen molar-refractivity contribution in [2.75, 3.05) is 5.32 Å². The lowest BCUT2D eigenvalue weighted by atomic mass is 10.1. The maximum Gasteiger partial charge on any atom is 0.251 e. The third-order valence-corrected chi connectivity index (χ3v) is 4.09. The van der Waals surface area contributed by atoms with Crippen LogP contribution in [-0.2, 0) is 11.3 Å². The Kier molecular flexibility index (Phi) is 5.56. The molecule has 1 fully saturated rings. The molecule has 0 saturated heterocycles. The molecule has 0 aliphatic heterocycles. The summed E-state index contributed by atoms with van der Waals surface area (Å²) in [5.74, 6) is 0.811. The smallest absolute Gasteiger partial charge is 0.251 e. The molecule has 5 nitrogen and oxygen atoms in total. The zero-order valence-electron chi connectivity index (χ0n) is 15.1. The van der Waals surface area contributed by atoms with E-state index in [-0.39, 0.29) is 23.8 Å². The normalized spacial score (nSPS) is 13.3. The summed E-state index contributed by atoms with van der Waals surface area (Å²) in [5, 5.41) is 5.76. The van der Waals surface area contributed by atoms with Gasteiger partial charge in [-0.25, -0.2) is 0 Å². The average Bonchev–Trinajstić information content (AvgIpc) is 3.46. The Labute approximate surface area is 153 Å². The van der Waals surface area contributed by atoms with Gasteiger partial charge in [0.1, 0.15) is 5.75 Å². The molecule has 136 valence electrons. The third-order valence-electron chi connectivity index (χ3n) is 4.09. The fraction of sp³-hybridized carbons (Fsp3) is 0.333. The summed E-state index contributed by atoms with van der Waals surface area (Å²) >= 11 is 0. The van der Waals surface area contributed by atoms with E-state index in [1.54, 1.807) is 24.3 Å². The van der Waals surface area contributed by atoms with E-state index in [0.29, 0.717) is 17.8 Å². The summed E-state index contributed by atoms with van der Waals surface area (Å²) in [7, 11) is 0. The monoisotopic (exact) mass is 352 g/mol. The molecule has 0 bridgehead atoms. The van der Waals surface area contributed by atoms with Gasteiger partial charge in [0.25, 0.3) is 5.91 Å². The van der Waals surface area contributed by atoms with E-state index in [1.165, 1.54) is 0 Å². The van der Waals surface area contributed by atoms with Gasteiger partial charge in [0.15, 0.2) is 0 Å². The Balaban J connectivity index is 1.55. The van der Waals surface area contributed by atoms with Crippen LogP contribution in [0.3, 0.4) is 0 Å². The number of ether oxygens (including phenoxy) is 1. The molecule has 2 amide bonds. The first kappa shape index (κ1) is 18.0. The summed E-state index contributed by atoms with van der Waals surface area (Å²) < 4.78 is 5.61. The largest absolute Gasteiger partial charge is 0.491 e. The third kappa shape index (κ3) is 5.09. The molecule has 0 spiro atoms. The van der Waals surface area contributed by atoms with Crippen LogP contribution in [0.25, 0.3) is 0 Å². The first-order valence-corrected chi connectivity index (χ1v) is 8.96. The van der Waals surface area contributed by atoms with E-state index in [0.717, 1.165) is 24.2 Å². The SMILES string of the molecule is CC(C)Oc1ccc(CNC(=O)c2cccc(NC(=O)C3CC3)c2)cc1. The van der Waals surface area contributed by atoms with E-state index >= 15 is 0 Å². The fourth-order valence-electron chi connectivity index (χ4n) is 2.57. The quantitative estimate of drug-likeness (QED) is 0.797. The molecule has 3 rings (SSSR count). The summed E-state index contributed by atoms with van der Waals surface area (Å²) in [5.41, 5.74) is 2.18. The van der Waals surface area contributed by atoms with Gasteiger partial charge in [-0.3, -0.25) is 9.59 Å². The van der Waals surface area contributed by atoms with E-state index in [4.69, 9.17) is 4.74 Å². The summed E-state index contributed by atoms with van der Waals surface area (Å²) in [4.78, 5) is 24.2. The zero-order valence-corrected chi connectivity index (χ0v) is 15.1. The van der Waals surface area contributed by atoms with Crippen molar-refractivity contribution in [3.63, 3.8) is 0 Å². The molecular weight excluding hydrogens is 328 g/mol. The molecule has 2 N–H and O–H groups in total. The number of hydrogen-bond donors (Lipinski definition) is 2. The molecule has 5 heteroatoms. The van der Waals surface area contributed by atoms with E-state index in [9.17, 15) is 9.59 Å². The molecule has 1 saturated carbocycles. The second kappa shape index (κ2) is 8.04. The summed E-state index contributed by atoms with van der Waals surface area (Å²) in [6.07, 6.45) is 2.04. The van der Waals surface area contributed by atoms with Crippen LogP contribution in [0.1, 0.15) is 42.6 Å². The average molecular weight is 352 g/mol. The Bertz CT molecular complexity index is 780. The van der Waals surface area contributed by atoms with Crippen molar-refractivity contribution in [3.05, 3.63) is 59.7 Å². The highest BCUT2D eigenvalue weighted by Crippen LogP contribution is 2.30. The number of carbonyl (C=O) groups excluding carboxylic acids is 2. The van der Waals surface area contributed by atoms with Crippen LogP contribution in [0.4, 0.5) is 5.69 Å². The molecule has 0 unspecified atom stereocenters. The molecule has 0 heterocycles. The van der Waals surface area contributed by atoms with Gasteiger partial charge >= 0.3 is 0 Å². The van der Waals surface area contributed by atoms with Gasteiger partial charge in [0.2, 0.25) is 5.91 Å². The topological polar surface area (TPSA) is 67.4 Å². The highest BCUT2D eigenvalue weighted by atomic mass is 16.5. The van der Waals surface area contributed by atoms with E-state index in [2.05, 4.69) is 10.6 Å². The minimum absolute atomic E-state index is 0.0336. The van der Waals surface area contributed by atoms with Crippen molar-refractivity contribution in [2.45, 2.75) is 39.3 Å². The van der Waals surface area contributed by atoms with Gasteiger partial charge in [-0.2, -0.15) is 0 Å². The van der Waals surface area contributed by atoms with Crippen molar-refractivity contribution in [2.24, 2.45) is 5.92 Å². The lowest BCUT2D eigenvalue weighted by Gasteiger charge is -2.11. The molecule has 1 aliphatic carbocycles. The van der Waals surface area contributed by atoms with Crippen molar-refractivity contribution in [1.29, 1.82) is 0 Å². The molecule has 0 aromatic heterocycles. The highest BCUT2D eigenvalue weighted by molar-refractivity contribution is 5.98. The van der Waals surface area contributed by atoms with Crippen molar-refractivity contribution in [1.82, 2.24) is 5.32 Å². The number of carbonyl (C=O) groups is 2. The van der Waals surface area contributed by atoms with Crippen LogP contribution in [0, 0.1) is 5.92 Å². The van der Waals surface area contributed by atoms with Gasteiger partial charge in [-0.05, 0) is 62.6 Å². The van der Waals surface area contributed by atoms with Crippen LogP contribution in [0.2, 0.25) is 0 Å². The summed E-state index contributed by atoms with van der Waals surface area (Å²) in [6.45, 7) is 4.39. The van der Waals surface area contributed by atoms with Gasteiger partial charge in [0, 0.05) is 23.7 Å². The Hall–Kier alpha value is -2.82. The fourth-order valence-corrected chi connectivity index (χ4v) is 2.57. The Morgan fingerprint density at radius 2 is 1.85 bits per heavy atom. The predicted molar refractivity (Wildman–Crippen MR) is 101 cm³/mol. The van der Waals surface area contributed by atoms with Gasteiger partial charge < -0.3 is 15.4 Å². The number of benzene rings is 2. The van der Waals surface area contributed by atoms with Crippen molar-refractivity contribution in [3.8, 4) is 5.75 Å². The number of anilines is 1. The predicted octanol–water partition coefficient (Wildman–Crippen LogP) is 3.75. The lowest BCUT2D eigenvalue weighted by molar-refractivity contribution is -0.117. The highest BCUT2D eigenvalue weighted by Gasteiger charge is 2.29. The molecule has 0 radical (unpaired) electrons. The lowest BCUT2D eigenvalue weighted by Crippen LogP contribution is -2.23. The maximum absolute atomic E-state index is 12.4. The minimum Gasteiger partial charge on any atom is -0.491 e. The number of hydrogen-bond acceptors (Lipinski definition) is 3. The second-order valence-electron chi connectivity index (χ2n) is 6.84. The van der Waals surface area contributed by atoms with Crippen LogP contribution in [0.15, 0.2) is 48.5 Å². The molecule has 2 aromatic carbocycles. The Morgan fingerprint density at radius 1 is 1.12 bits per heavy atom. The minimum atomic E-state index is -0.171. The van der Waals surface area contributed by atoms with Crippen LogP contribution >= 0.6 is 0 Å². The molecule has 0 atom stereocenters. The van der Waals surface area contributed by atoms with Crippen LogP contribution < -0.4 is 15.4 Å². The second-order valence-corrected chi connectivity index (χ2v) is 6.84. The van der Waals surface area contributed by atoms with Gasteiger partial charge in [0.05, 0.1) is 6.10 Å². The van der Waals surface area contributed by atoms with Crippen molar-refractivity contribution >= 4 is 17.5 Å². The number of amides is 2. The molecular formula is C21H24N2O3. The number of rotatable bonds is 7. The first-order chi connectivity index (χ1) is 12.5. The van der Waals surface area contributed by atoms with Gasteiger partial charge in [-0.1, -0.05) is 18.2 Å². The summed E-state index contributed by atoms with van der Waals surface area (Å²) in [6, 6.07) is 14.7. The van der Waals surface area contributed by atoms with Crippen molar-refractivity contribution < 1.29 is 14.3 Å². The van der Waals surface area contributed by atoms with Crippen LogP contribution in [0.5, 0.6) is 5.75 Å². The van der Waals surface area contributed by atoms with Crippen LogP contribution in [-0.4, -0.2) is 17.9 Å². The zero-order chi connectivity index (χ0) is 18.5. The Morgan fingerprint density at radius 3 is 2.50 bits per heavy atom.